The summed E-state index contributed by atoms with van der Waals surface area (Å²) in [4.78, 5) is 6.32. The van der Waals surface area contributed by atoms with E-state index in [0.29, 0.717) is 6.10 Å². The number of anilines is 1. The smallest absolute Gasteiger partial charge is 0.146 e. The Morgan fingerprint density at radius 2 is 2.14 bits per heavy atom. The Bertz CT molecular complexity index is 332. The fourth-order valence-corrected chi connectivity index (χ4v) is 1.54. The van der Waals surface area contributed by atoms with Crippen molar-refractivity contribution in [3.8, 4) is 5.75 Å². The number of pyridine rings is 1. The van der Waals surface area contributed by atoms with Gasteiger partial charge in [-0.25, -0.2) is 0 Å². The van der Waals surface area contributed by atoms with Crippen molar-refractivity contribution < 1.29 is 4.74 Å². The average Bonchev–Trinajstić information content (AvgIpc) is 2.87. The maximum atomic E-state index is 5.82. The van der Waals surface area contributed by atoms with Crippen LogP contribution in [0.25, 0.3) is 0 Å². The summed E-state index contributed by atoms with van der Waals surface area (Å²) in [7, 11) is 4.04. The number of aryl methyl sites for hydroxylation is 1. The minimum absolute atomic E-state index is 0.440. The molecule has 1 aliphatic rings. The van der Waals surface area contributed by atoms with Gasteiger partial charge in [-0.2, -0.15) is 0 Å². The SMILES string of the molecule is Cc1nccc(OC2CC2)c1N(C)C. The van der Waals surface area contributed by atoms with Crippen LogP contribution in [0.1, 0.15) is 18.5 Å². The fourth-order valence-electron chi connectivity index (χ4n) is 1.54. The van der Waals surface area contributed by atoms with E-state index in [1.807, 2.05) is 27.1 Å². The van der Waals surface area contributed by atoms with Gasteiger partial charge in [-0.1, -0.05) is 0 Å². The third kappa shape index (κ3) is 1.81. The molecule has 0 aliphatic heterocycles. The molecular weight excluding hydrogens is 176 g/mol. The van der Waals surface area contributed by atoms with Gasteiger partial charge in [-0.3, -0.25) is 4.98 Å². The van der Waals surface area contributed by atoms with Gasteiger partial charge < -0.3 is 9.64 Å². The van der Waals surface area contributed by atoms with Gasteiger partial charge >= 0.3 is 0 Å². The van der Waals surface area contributed by atoms with Gasteiger partial charge in [0.15, 0.2) is 0 Å². The highest BCUT2D eigenvalue weighted by Crippen LogP contribution is 2.34. The molecule has 1 saturated carbocycles. The van der Waals surface area contributed by atoms with Crippen LogP contribution in [0.15, 0.2) is 12.3 Å². The van der Waals surface area contributed by atoms with Gasteiger partial charge in [0.2, 0.25) is 0 Å². The van der Waals surface area contributed by atoms with Crippen LogP contribution in [0, 0.1) is 6.92 Å². The molecule has 1 fully saturated rings. The van der Waals surface area contributed by atoms with Gasteiger partial charge in [-0.15, -0.1) is 0 Å². The van der Waals surface area contributed by atoms with E-state index in [1.54, 1.807) is 6.20 Å². The molecule has 0 amide bonds. The fraction of sp³-hybridized carbons (Fsp3) is 0.545. The predicted octanol–water partition coefficient (Wildman–Crippen LogP) is 2.00. The largest absolute Gasteiger partial charge is 0.488 e. The van der Waals surface area contributed by atoms with Crippen molar-refractivity contribution in [3.05, 3.63) is 18.0 Å². The van der Waals surface area contributed by atoms with Gasteiger partial charge in [-0.05, 0) is 19.8 Å². The second-order valence-corrected chi connectivity index (χ2v) is 3.95. The first kappa shape index (κ1) is 9.31. The Balaban J connectivity index is 2.30. The number of ether oxygens (including phenoxy) is 1. The molecule has 2 rings (SSSR count). The van der Waals surface area contributed by atoms with Crippen LogP contribution in [-0.4, -0.2) is 25.2 Å². The van der Waals surface area contributed by atoms with E-state index in [1.165, 1.54) is 12.8 Å². The molecular formula is C11H16N2O. The predicted molar refractivity (Wildman–Crippen MR) is 57.0 cm³/mol. The lowest BCUT2D eigenvalue weighted by atomic mass is 10.3. The lowest BCUT2D eigenvalue weighted by Gasteiger charge is -2.19. The van der Waals surface area contributed by atoms with Crippen LogP contribution in [0.4, 0.5) is 5.69 Å². The summed E-state index contributed by atoms with van der Waals surface area (Å²) in [5, 5.41) is 0. The molecule has 0 radical (unpaired) electrons. The monoisotopic (exact) mass is 192 g/mol. The zero-order valence-electron chi connectivity index (χ0n) is 8.95. The minimum Gasteiger partial charge on any atom is -0.488 e. The van der Waals surface area contributed by atoms with Gasteiger partial charge in [0.1, 0.15) is 11.4 Å². The molecule has 3 heteroatoms. The molecule has 0 aromatic carbocycles. The van der Waals surface area contributed by atoms with E-state index >= 15 is 0 Å². The number of aromatic nitrogens is 1. The summed E-state index contributed by atoms with van der Waals surface area (Å²) in [6.45, 7) is 2.01. The quantitative estimate of drug-likeness (QED) is 0.732. The normalized spacial score (nSPS) is 15.4. The van der Waals surface area contributed by atoms with Crippen LogP contribution >= 0.6 is 0 Å². The Kier molecular flexibility index (Phi) is 2.32. The summed E-state index contributed by atoms with van der Waals surface area (Å²) in [6.07, 6.45) is 4.62. The lowest BCUT2D eigenvalue weighted by molar-refractivity contribution is 0.303. The molecule has 0 bridgehead atoms. The Morgan fingerprint density at radius 1 is 1.43 bits per heavy atom. The Morgan fingerprint density at radius 3 is 2.71 bits per heavy atom. The molecule has 1 heterocycles. The molecule has 76 valence electrons. The number of hydrogen-bond donors (Lipinski definition) is 0. The second kappa shape index (κ2) is 3.48. The van der Waals surface area contributed by atoms with Crippen LogP contribution in [0.3, 0.4) is 0 Å². The van der Waals surface area contributed by atoms with Crippen LogP contribution in [0.5, 0.6) is 5.75 Å². The molecule has 0 atom stereocenters. The highest BCUT2D eigenvalue weighted by molar-refractivity contribution is 5.60. The van der Waals surface area contributed by atoms with E-state index in [-0.39, 0.29) is 0 Å². The maximum Gasteiger partial charge on any atom is 0.146 e. The number of nitrogens with zero attached hydrogens (tertiary/aromatic N) is 2. The highest BCUT2D eigenvalue weighted by atomic mass is 16.5. The molecule has 1 aromatic heterocycles. The molecule has 0 saturated heterocycles. The number of rotatable bonds is 3. The molecule has 3 nitrogen and oxygen atoms in total. The van der Waals surface area contributed by atoms with Crippen molar-refractivity contribution >= 4 is 5.69 Å². The highest BCUT2D eigenvalue weighted by Gasteiger charge is 2.25. The van der Waals surface area contributed by atoms with E-state index < -0.39 is 0 Å². The van der Waals surface area contributed by atoms with Crippen molar-refractivity contribution in [3.63, 3.8) is 0 Å². The van der Waals surface area contributed by atoms with Crippen molar-refractivity contribution in [1.82, 2.24) is 4.98 Å². The zero-order valence-corrected chi connectivity index (χ0v) is 8.95. The summed E-state index contributed by atoms with van der Waals surface area (Å²) in [5.41, 5.74) is 2.12. The molecule has 14 heavy (non-hydrogen) atoms. The second-order valence-electron chi connectivity index (χ2n) is 3.95. The standard InChI is InChI=1S/C11H16N2O/c1-8-11(13(2)3)10(6-7-12-8)14-9-4-5-9/h6-7,9H,4-5H2,1-3H3. The van der Waals surface area contributed by atoms with Gasteiger partial charge in [0, 0.05) is 26.4 Å². The molecule has 0 N–H and O–H groups in total. The van der Waals surface area contributed by atoms with Gasteiger partial charge in [0.05, 0.1) is 11.8 Å². The van der Waals surface area contributed by atoms with Crippen LogP contribution in [-0.2, 0) is 0 Å². The van der Waals surface area contributed by atoms with Crippen LogP contribution in [0.2, 0.25) is 0 Å². The molecule has 1 aromatic rings. The zero-order chi connectivity index (χ0) is 10.1. The average molecular weight is 192 g/mol. The van der Waals surface area contributed by atoms with E-state index in [0.717, 1.165) is 17.1 Å². The summed E-state index contributed by atoms with van der Waals surface area (Å²) in [6, 6.07) is 1.95. The maximum absolute atomic E-state index is 5.82. The number of hydrogen-bond acceptors (Lipinski definition) is 3. The van der Waals surface area contributed by atoms with Crippen LogP contribution < -0.4 is 9.64 Å². The molecule has 1 aliphatic carbocycles. The first-order chi connectivity index (χ1) is 6.68. The van der Waals surface area contributed by atoms with Gasteiger partial charge in [0.25, 0.3) is 0 Å². The minimum atomic E-state index is 0.440. The third-order valence-corrected chi connectivity index (χ3v) is 2.34. The van der Waals surface area contributed by atoms with E-state index in [2.05, 4.69) is 9.88 Å². The summed E-state index contributed by atoms with van der Waals surface area (Å²) >= 11 is 0. The van der Waals surface area contributed by atoms with Crippen molar-refractivity contribution in [2.75, 3.05) is 19.0 Å². The third-order valence-electron chi connectivity index (χ3n) is 2.34. The topological polar surface area (TPSA) is 25.4 Å². The summed E-state index contributed by atoms with van der Waals surface area (Å²) in [5.74, 6) is 0.963. The van der Waals surface area contributed by atoms with Crippen molar-refractivity contribution in [2.45, 2.75) is 25.9 Å². The van der Waals surface area contributed by atoms with E-state index in [9.17, 15) is 0 Å². The lowest BCUT2D eigenvalue weighted by Crippen LogP contribution is -2.13. The first-order valence-corrected chi connectivity index (χ1v) is 4.98. The Hall–Kier alpha value is -1.25. The molecule has 0 spiro atoms. The first-order valence-electron chi connectivity index (χ1n) is 4.98. The van der Waals surface area contributed by atoms with Crippen molar-refractivity contribution in [1.29, 1.82) is 0 Å². The molecule has 0 unspecified atom stereocenters. The summed E-state index contributed by atoms with van der Waals surface area (Å²) < 4.78 is 5.82. The van der Waals surface area contributed by atoms with E-state index in [4.69, 9.17) is 4.74 Å². The van der Waals surface area contributed by atoms with Crippen molar-refractivity contribution in [2.24, 2.45) is 0 Å². The Labute approximate surface area is 84.7 Å².